The van der Waals surface area contributed by atoms with Crippen molar-refractivity contribution >= 4 is 11.8 Å². The van der Waals surface area contributed by atoms with Crippen molar-refractivity contribution in [2.24, 2.45) is 0 Å². The molecule has 0 aromatic rings. The van der Waals surface area contributed by atoms with Gasteiger partial charge >= 0.3 is 5.97 Å². The van der Waals surface area contributed by atoms with Crippen LogP contribution in [0.1, 0.15) is 12.8 Å². The number of fused-ring (bicyclic) bond motifs is 1. The van der Waals surface area contributed by atoms with E-state index in [1.807, 2.05) is 0 Å². The van der Waals surface area contributed by atoms with E-state index in [1.54, 1.807) is 0 Å². The van der Waals surface area contributed by atoms with Crippen LogP contribution in [0.25, 0.3) is 0 Å². The summed E-state index contributed by atoms with van der Waals surface area (Å²) in [4.78, 5) is 21.7. The zero-order valence-electron chi connectivity index (χ0n) is 6.32. The summed E-state index contributed by atoms with van der Waals surface area (Å²) in [5.41, 5.74) is -1.23. The third-order valence-electron chi connectivity index (χ3n) is 2.20. The average Bonchev–Trinajstić information content (AvgIpc) is 2.24. The zero-order valence-corrected chi connectivity index (χ0v) is 6.32. The minimum absolute atomic E-state index is 0.0402. The molecule has 0 aromatic carbocycles. The van der Waals surface area contributed by atoms with E-state index < -0.39 is 17.7 Å². The maximum atomic E-state index is 10.9. The van der Waals surface area contributed by atoms with Gasteiger partial charge in [-0.05, 0) is 12.2 Å². The molecule has 0 radical (unpaired) electrons. The first-order valence-corrected chi connectivity index (χ1v) is 3.74. The number of esters is 1. The van der Waals surface area contributed by atoms with Gasteiger partial charge < -0.3 is 9.84 Å². The molecule has 0 aromatic heterocycles. The second-order valence-electron chi connectivity index (χ2n) is 3.15. The summed E-state index contributed by atoms with van der Waals surface area (Å²) in [6.07, 6.45) is 2.05. The number of allylic oxidation sites excluding steroid dienone is 1. The summed E-state index contributed by atoms with van der Waals surface area (Å²) < 4.78 is 4.78. The molecule has 12 heavy (non-hydrogen) atoms. The van der Waals surface area contributed by atoms with Crippen LogP contribution in [0, 0.1) is 0 Å². The molecular weight excluding hydrogens is 160 g/mol. The van der Waals surface area contributed by atoms with Crippen LogP contribution in [-0.4, -0.2) is 28.6 Å². The summed E-state index contributed by atoms with van der Waals surface area (Å²) in [6.45, 7) is 0. The predicted molar refractivity (Wildman–Crippen MR) is 38.2 cm³/mol. The number of aliphatic hydroxyl groups is 1. The van der Waals surface area contributed by atoms with Gasteiger partial charge in [-0.1, -0.05) is 0 Å². The minimum atomic E-state index is -1.23. The lowest BCUT2D eigenvalue weighted by Crippen LogP contribution is -2.40. The molecule has 2 aliphatic rings. The molecular formula is C8H8O4. The van der Waals surface area contributed by atoms with E-state index in [0.717, 1.165) is 0 Å². The van der Waals surface area contributed by atoms with Gasteiger partial charge in [0.05, 0.1) is 12.8 Å². The van der Waals surface area contributed by atoms with E-state index >= 15 is 0 Å². The van der Waals surface area contributed by atoms with E-state index in [-0.39, 0.29) is 18.6 Å². The fourth-order valence-electron chi connectivity index (χ4n) is 1.52. The smallest absolute Gasteiger partial charge is 0.309 e. The van der Waals surface area contributed by atoms with Crippen LogP contribution in [0.5, 0.6) is 0 Å². The summed E-state index contributed by atoms with van der Waals surface area (Å²) in [7, 11) is 0. The molecule has 0 bridgehead atoms. The highest BCUT2D eigenvalue weighted by molar-refractivity contribution is 5.93. The molecule has 2 atom stereocenters. The van der Waals surface area contributed by atoms with Gasteiger partial charge in [0, 0.05) is 0 Å². The molecule has 1 heterocycles. The molecule has 1 N–H and O–H groups in total. The van der Waals surface area contributed by atoms with Crippen molar-refractivity contribution in [1.29, 1.82) is 0 Å². The van der Waals surface area contributed by atoms with Crippen molar-refractivity contribution in [3.63, 3.8) is 0 Å². The van der Waals surface area contributed by atoms with E-state index in [1.165, 1.54) is 12.2 Å². The number of hydrogen-bond donors (Lipinski definition) is 1. The van der Waals surface area contributed by atoms with Crippen molar-refractivity contribution in [2.45, 2.75) is 24.5 Å². The number of ketones is 1. The lowest BCUT2D eigenvalue weighted by Gasteiger charge is -2.25. The van der Waals surface area contributed by atoms with Crippen LogP contribution >= 0.6 is 0 Å². The molecule has 1 aliphatic carbocycles. The first-order valence-electron chi connectivity index (χ1n) is 3.74. The molecule has 4 heteroatoms. The Morgan fingerprint density at radius 1 is 1.58 bits per heavy atom. The quantitative estimate of drug-likeness (QED) is 0.498. The first kappa shape index (κ1) is 7.49. The molecule has 1 fully saturated rings. The lowest BCUT2D eigenvalue weighted by atomic mass is 9.87. The van der Waals surface area contributed by atoms with Crippen LogP contribution in [0.3, 0.4) is 0 Å². The summed E-state index contributed by atoms with van der Waals surface area (Å²) in [5.74, 6) is -0.554. The molecule has 2 rings (SSSR count). The molecule has 0 spiro atoms. The Hall–Kier alpha value is -1.16. The van der Waals surface area contributed by atoms with Gasteiger partial charge in [-0.3, -0.25) is 9.59 Å². The Balaban J connectivity index is 2.32. The normalized spacial score (nSPS) is 39.6. The third kappa shape index (κ3) is 0.956. The van der Waals surface area contributed by atoms with Crippen LogP contribution in [0.15, 0.2) is 12.2 Å². The largest absolute Gasteiger partial charge is 0.458 e. The fraction of sp³-hybridized carbons (Fsp3) is 0.500. The Labute approximate surface area is 68.8 Å². The maximum absolute atomic E-state index is 10.9. The van der Waals surface area contributed by atoms with Gasteiger partial charge in [0.15, 0.2) is 5.78 Å². The average molecular weight is 168 g/mol. The molecule has 0 amide bonds. The van der Waals surface area contributed by atoms with Crippen molar-refractivity contribution in [1.82, 2.24) is 0 Å². The van der Waals surface area contributed by atoms with Gasteiger partial charge in [-0.25, -0.2) is 0 Å². The van der Waals surface area contributed by atoms with Crippen LogP contribution in [0.2, 0.25) is 0 Å². The first-order chi connectivity index (χ1) is 5.60. The Bertz CT molecular complexity index is 281. The highest BCUT2D eigenvalue weighted by Gasteiger charge is 2.48. The molecule has 0 saturated carbocycles. The number of hydrogen-bond acceptors (Lipinski definition) is 4. The van der Waals surface area contributed by atoms with Gasteiger partial charge in [-0.2, -0.15) is 0 Å². The summed E-state index contributed by atoms with van der Waals surface area (Å²) in [6, 6.07) is 0. The second-order valence-corrected chi connectivity index (χ2v) is 3.15. The van der Waals surface area contributed by atoms with Gasteiger partial charge in [0.25, 0.3) is 0 Å². The van der Waals surface area contributed by atoms with Gasteiger partial charge in [-0.15, -0.1) is 0 Å². The van der Waals surface area contributed by atoms with E-state index in [0.29, 0.717) is 0 Å². The number of rotatable bonds is 0. The van der Waals surface area contributed by atoms with E-state index in [4.69, 9.17) is 4.74 Å². The summed E-state index contributed by atoms with van der Waals surface area (Å²) >= 11 is 0. The molecule has 1 saturated heterocycles. The van der Waals surface area contributed by atoms with Crippen LogP contribution < -0.4 is 0 Å². The number of ether oxygens (including phenoxy) is 1. The zero-order chi connectivity index (χ0) is 8.77. The maximum Gasteiger partial charge on any atom is 0.309 e. The standard InChI is InChI=1S/C8H8O4/c9-5-1-2-8(11)4-7(10)12-6(8)3-5/h1-2,6,11H,3-4H2. The Morgan fingerprint density at radius 3 is 3.08 bits per heavy atom. The second kappa shape index (κ2) is 2.17. The highest BCUT2D eigenvalue weighted by Crippen LogP contribution is 2.33. The van der Waals surface area contributed by atoms with Crippen molar-refractivity contribution in [3.8, 4) is 0 Å². The number of carbonyl (C=O) groups excluding carboxylic acids is 2. The molecule has 1 aliphatic heterocycles. The van der Waals surface area contributed by atoms with Crippen molar-refractivity contribution in [2.75, 3.05) is 0 Å². The van der Waals surface area contributed by atoms with Crippen LogP contribution in [-0.2, 0) is 14.3 Å². The van der Waals surface area contributed by atoms with Crippen molar-refractivity contribution in [3.05, 3.63) is 12.2 Å². The summed E-state index contributed by atoms with van der Waals surface area (Å²) in [5, 5.41) is 9.71. The predicted octanol–water partition coefficient (Wildman–Crippen LogP) is -0.438. The Morgan fingerprint density at radius 2 is 2.33 bits per heavy atom. The van der Waals surface area contributed by atoms with Gasteiger partial charge in [0.1, 0.15) is 11.7 Å². The monoisotopic (exact) mass is 168 g/mol. The van der Waals surface area contributed by atoms with Crippen molar-refractivity contribution < 1.29 is 19.4 Å². The van der Waals surface area contributed by atoms with E-state index in [9.17, 15) is 14.7 Å². The lowest BCUT2D eigenvalue weighted by molar-refractivity contribution is -0.143. The highest BCUT2D eigenvalue weighted by atomic mass is 16.6. The molecule has 2 unspecified atom stereocenters. The molecule has 64 valence electrons. The Kier molecular flexibility index (Phi) is 1.35. The SMILES string of the molecule is O=C1C=CC2(O)CC(=O)OC2C1. The van der Waals surface area contributed by atoms with Gasteiger partial charge in [0.2, 0.25) is 0 Å². The van der Waals surface area contributed by atoms with Crippen LogP contribution in [0.4, 0.5) is 0 Å². The fourth-order valence-corrected chi connectivity index (χ4v) is 1.52. The van der Waals surface area contributed by atoms with E-state index in [2.05, 4.69) is 0 Å². The number of carbonyl (C=O) groups is 2. The topological polar surface area (TPSA) is 63.6 Å². The molecule has 4 nitrogen and oxygen atoms in total. The third-order valence-corrected chi connectivity index (χ3v) is 2.20. The minimum Gasteiger partial charge on any atom is -0.458 e.